The summed E-state index contributed by atoms with van der Waals surface area (Å²) in [4.78, 5) is 12.1. The van der Waals surface area contributed by atoms with Crippen LogP contribution in [-0.4, -0.2) is 20.7 Å². The van der Waals surface area contributed by atoms with Crippen LogP contribution in [0, 0.1) is 0 Å². The average molecular weight is 367 g/mol. The van der Waals surface area contributed by atoms with Crippen LogP contribution in [0.4, 0.5) is 0 Å². The SMILES string of the molecule is O=C(CNS(=O)(=O)c1ccc(Oc2ccccc2)cc1)c1ccccc1. The van der Waals surface area contributed by atoms with E-state index in [1.807, 2.05) is 18.2 Å². The maximum absolute atomic E-state index is 12.3. The van der Waals surface area contributed by atoms with Gasteiger partial charge in [-0.25, -0.2) is 13.1 Å². The number of carbonyl (C=O) groups excluding carboxylic acids is 1. The minimum atomic E-state index is -3.78. The number of ketones is 1. The van der Waals surface area contributed by atoms with E-state index in [2.05, 4.69) is 4.72 Å². The van der Waals surface area contributed by atoms with Crippen molar-refractivity contribution < 1.29 is 17.9 Å². The van der Waals surface area contributed by atoms with Crippen molar-refractivity contribution in [2.75, 3.05) is 6.54 Å². The summed E-state index contributed by atoms with van der Waals surface area (Å²) in [6, 6.07) is 23.7. The zero-order valence-corrected chi connectivity index (χ0v) is 14.6. The molecule has 0 saturated heterocycles. The van der Waals surface area contributed by atoms with Crippen molar-refractivity contribution in [1.82, 2.24) is 4.72 Å². The lowest BCUT2D eigenvalue weighted by Crippen LogP contribution is -2.29. The average Bonchev–Trinajstić information content (AvgIpc) is 2.68. The lowest BCUT2D eigenvalue weighted by Gasteiger charge is -2.08. The highest BCUT2D eigenvalue weighted by atomic mass is 32.2. The van der Waals surface area contributed by atoms with Crippen LogP contribution in [0.1, 0.15) is 10.4 Å². The van der Waals surface area contributed by atoms with E-state index in [4.69, 9.17) is 4.74 Å². The highest BCUT2D eigenvalue weighted by Gasteiger charge is 2.16. The van der Waals surface area contributed by atoms with E-state index in [1.165, 1.54) is 12.1 Å². The molecule has 26 heavy (non-hydrogen) atoms. The summed E-state index contributed by atoms with van der Waals surface area (Å²) in [5, 5.41) is 0. The number of benzene rings is 3. The third-order valence-electron chi connectivity index (χ3n) is 3.63. The molecule has 3 aromatic rings. The predicted molar refractivity (Wildman–Crippen MR) is 98.9 cm³/mol. The third kappa shape index (κ3) is 4.56. The van der Waals surface area contributed by atoms with E-state index < -0.39 is 10.0 Å². The van der Waals surface area contributed by atoms with Crippen LogP contribution in [0.15, 0.2) is 89.8 Å². The van der Waals surface area contributed by atoms with Crippen LogP contribution < -0.4 is 9.46 Å². The Kier molecular flexibility index (Phi) is 5.46. The number of sulfonamides is 1. The maximum atomic E-state index is 12.3. The molecule has 3 aromatic carbocycles. The molecule has 0 unspecified atom stereocenters. The molecule has 0 saturated carbocycles. The second kappa shape index (κ2) is 7.95. The molecule has 0 aliphatic carbocycles. The Morgan fingerprint density at radius 1 is 0.769 bits per heavy atom. The number of nitrogens with one attached hydrogen (secondary N) is 1. The highest BCUT2D eigenvalue weighted by molar-refractivity contribution is 7.89. The van der Waals surface area contributed by atoms with Gasteiger partial charge >= 0.3 is 0 Å². The molecule has 0 bridgehead atoms. The van der Waals surface area contributed by atoms with Crippen LogP contribution >= 0.6 is 0 Å². The van der Waals surface area contributed by atoms with E-state index in [-0.39, 0.29) is 17.2 Å². The Balaban J connectivity index is 1.65. The zero-order valence-electron chi connectivity index (χ0n) is 13.8. The fourth-order valence-electron chi connectivity index (χ4n) is 2.28. The normalized spacial score (nSPS) is 11.1. The fraction of sp³-hybridized carbons (Fsp3) is 0.0500. The van der Waals surface area contributed by atoms with Gasteiger partial charge in [0.2, 0.25) is 10.0 Å². The first-order chi connectivity index (χ1) is 12.5. The number of hydrogen-bond donors (Lipinski definition) is 1. The molecule has 0 aliphatic rings. The van der Waals surface area contributed by atoms with Crippen molar-refractivity contribution in [3.63, 3.8) is 0 Å². The zero-order chi connectivity index (χ0) is 18.4. The molecule has 0 atom stereocenters. The lowest BCUT2D eigenvalue weighted by molar-refractivity contribution is 0.0997. The van der Waals surface area contributed by atoms with Crippen LogP contribution in [-0.2, 0) is 10.0 Å². The number of hydrogen-bond acceptors (Lipinski definition) is 4. The van der Waals surface area contributed by atoms with Gasteiger partial charge in [-0.2, -0.15) is 0 Å². The molecule has 0 fully saturated rings. The Bertz CT molecular complexity index is 969. The van der Waals surface area contributed by atoms with E-state index in [9.17, 15) is 13.2 Å². The maximum Gasteiger partial charge on any atom is 0.240 e. The standard InChI is InChI=1S/C20H17NO4S/c22-20(16-7-3-1-4-8-16)15-21-26(23,24)19-13-11-18(12-14-19)25-17-9-5-2-6-10-17/h1-14,21H,15H2. The van der Waals surface area contributed by atoms with E-state index in [0.717, 1.165) is 0 Å². The Morgan fingerprint density at radius 2 is 1.31 bits per heavy atom. The van der Waals surface area contributed by atoms with Crippen LogP contribution in [0.2, 0.25) is 0 Å². The molecule has 0 spiro atoms. The van der Waals surface area contributed by atoms with Crippen molar-refractivity contribution in [2.45, 2.75) is 4.90 Å². The van der Waals surface area contributed by atoms with Gasteiger partial charge in [0.15, 0.2) is 5.78 Å². The van der Waals surface area contributed by atoms with E-state index in [0.29, 0.717) is 17.1 Å². The van der Waals surface area contributed by atoms with Gasteiger partial charge in [0.1, 0.15) is 11.5 Å². The lowest BCUT2D eigenvalue weighted by atomic mass is 10.1. The summed E-state index contributed by atoms with van der Waals surface area (Å²) in [6.07, 6.45) is 0. The van der Waals surface area contributed by atoms with Gasteiger partial charge in [0.25, 0.3) is 0 Å². The second-order valence-electron chi connectivity index (χ2n) is 5.50. The van der Waals surface area contributed by atoms with Gasteiger partial charge in [-0.1, -0.05) is 48.5 Å². The largest absolute Gasteiger partial charge is 0.457 e. The van der Waals surface area contributed by atoms with E-state index >= 15 is 0 Å². The van der Waals surface area contributed by atoms with E-state index in [1.54, 1.807) is 54.6 Å². The Morgan fingerprint density at radius 3 is 1.92 bits per heavy atom. The van der Waals surface area contributed by atoms with Crippen LogP contribution in [0.5, 0.6) is 11.5 Å². The summed E-state index contributed by atoms with van der Waals surface area (Å²) >= 11 is 0. The first-order valence-corrected chi connectivity index (χ1v) is 9.44. The molecule has 0 amide bonds. The summed E-state index contributed by atoms with van der Waals surface area (Å²) in [5.41, 5.74) is 0.460. The summed E-state index contributed by atoms with van der Waals surface area (Å²) < 4.78 is 32.6. The van der Waals surface area contributed by atoms with Gasteiger partial charge in [0.05, 0.1) is 11.4 Å². The van der Waals surface area contributed by atoms with Crippen LogP contribution in [0.25, 0.3) is 0 Å². The van der Waals surface area contributed by atoms with Crippen molar-refractivity contribution in [3.05, 3.63) is 90.5 Å². The first-order valence-electron chi connectivity index (χ1n) is 7.95. The van der Waals surface area contributed by atoms with Gasteiger partial charge in [-0.3, -0.25) is 4.79 Å². The summed E-state index contributed by atoms with van der Waals surface area (Å²) in [5.74, 6) is 0.892. The van der Waals surface area contributed by atoms with Crippen molar-refractivity contribution in [3.8, 4) is 11.5 Å². The molecule has 0 heterocycles. The monoisotopic (exact) mass is 367 g/mol. The minimum Gasteiger partial charge on any atom is -0.457 e. The highest BCUT2D eigenvalue weighted by Crippen LogP contribution is 2.22. The number of rotatable bonds is 7. The molecule has 0 radical (unpaired) electrons. The molecular weight excluding hydrogens is 350 g/mol. The fourth-order valence-corrected chi connectivity index (χ4v) is 3.26. The Labute approximate surface area is 152 Å². The van der Waals surface area contributed by atoms with Gasteiger partial charge in [-0.05, 0) is 36.4 Å². The predicted octanol–water partition coefficient (Wildman–Crippen LogP) is 3.64. The number of ether oxygens (including phenoxy) is 1. The van der Waals surface area contributed by atoms with Crippen molar-refractivity contribution in [1.29, 1.82) is 0 Å². The smallest absolute Gasteiger partial charge is 0.240 e. The molecule has 0 aromatic heterocycles. The molecule has 132 valence electrons. The molecule has 3 rings (SSSR count). The minimum absolute atomic E-state index is 0.0683. The second-order valence-corrected chi connectivity index (χ2v) is 7.27. The van der Waals surface area contributed by atoms with Gasteiger partial charge in [-0.15, -0.1) is 0 Å². The topological polar surface area (TPSA) is 72.5 Å². The molecule has 0 aliphatic heterocycles. The molecular formula is C20H17NO4S. The molecule has 5 nitrogen and oxygen atoms in total. The summed E-state index contributed by atoms with van der Waals surface area (Å²) in [7, 11) is -3.78. The third-order valence-corrected chi connectivity index (χ3v) is 5.05. The quantitative estimate of drug-likeness (QED) is 0.647. The van der Waals surface area contributed by atoms with Gasteiger partial charge < -0.3 is 4.74 Å². The summed E-state index contributed by atoms with van der Waals surface area (Å²) in [6.45, 7) is -0.297. The van der Waals surface area contributed by atoms with Gasteiger partial charge in [0, 0.05) is 5.56 Å². The first kappa shape index (κ1) is 17.8. The van der Waals surface area contributed by atoms with Crippen molar-refractivity contribution in [2.24, 2.45) is 0 Å². The van der Waals surface area contributed by atoms with Crippen LogP contribution in [0.3, 0.4) is 0 Å². The number of Topliss-reactive ketones (excluding diaryl/α,β-unsaturated/α-hetero) is 1. The molecule has 6 heteroatoms. The number of carbonyl (C=O) groups is 1. The molecule has 1 N–H and O–H groups in total. The van der Waals surface area contributed by atoms with Crippen molar-refractivity contribution >= 4 is 15.8 Å². The Hall–Kier alpha value is -2.96. The number of para-hydroxylation sites is 1.